The van der Waals surface area contributed by atoms with Gasteiger partial charge in [-0.05, 0) is 168 Å². The van der Waals surface area contributed by atoms with Crippen molar-refractivity contribution in [2.45, 2.75) is 116 Å². The molecule has 9 aromatic heterocycles. The number of benzene rings is 15. The molecule has 0 saturated carbocycles. The molecule has 0 saturated heterocycles. The van der Waals surface area contributed by atoms with Crippen LogP contribution < -0.4 is 0 Å². The molecule has 3 aliphatic rings. The average Bonchev–Trinajstić information content (AvgIpc) is 1.61. The van der Waals surface area contributed by atoms with Crippen molar-refractivity contribution in [3.63, 3.8) is 0 Å². The van der Waals surface area contributed by atoms with Crippen molar-refractivity contribution in [2.24, 2.45) is 0 Å². The number of hydrogen-bond donors (Lipinski definition) is 0. The van der Waals surface area contributed by atoms with Crippen molar-refractivity contribution in [2.75, 3.05) is 0 Å². The fourth-order valence-corrected chi connectivity index (χ4v) is 23.0. The summed E-state index contributed by atoms with van der Waals surface area (Å²) in [5.74, 6) is 7.19. The Morgan fingerprint density at radius 1 is 0.184 bits per heavy atom. The Labute approximate surface area is 854 Å². The maximum atomic E-state index is 5.14. The molecule has 3 aliphatic carbocycles. The van der Waals surface area contributed by atoms with Gasteiger partial charge in [0.25, 0.3) is 0 Å². The van der Waals surface area contributed by atoms with Crippen LogP contribution in [0.25, 0.3) is 219 Å². The molecular weight excluding hydrogens is 1800 g/mol. The normalized spacial score (nSPS) is 14.4. The topological polar surface area (TPSA) is 169 Å². The molecule has 147 heavy (non-hydrogen) atoms. The Kier molecular flexibility index (Phi) is 21.6. The van der Waals surface area contributed by atoms with Crippen LogP contribution >= 0.6 is 0 Å². The first kappa shape index (κ1) is 90.5. The van der Waals surface area contributed by atoms with E-state index in [1.54, 1.807) is 6.20 Å². The molecule has 15 heteroatoms. The summed E-state index contributed by atoms with van der Waals surface area (Å²) in [5.41, 5.74) is 31.7. The van der Waals surface area contributed by atoms with E-state index in [1.807, 2.05) is 182 Å². The smallest absolute Gasteiger partial charge is 0.182 e. The van der Waals surface area contributed by atoms with Gasteiger partial charge in [0.15, 0.2) is 52.4 Å². The lowest BCUT2D eigenvalue weighted by molar-refractivity contribution is 0.301. The van der Waals surface area contributed by atoms with E-state index in [0.29, 0.717) is 58.1 Å². The maximum Gasteiger partial charge on any atom is 0.182 e. The number of aromatic nitrogens is 15. The van der Waals surface area contributed by atoms with Crippen molar-refractivity contribution in [1.82, 2.24) is 73.5 Å². The largest absolute Gasteiger partial charge is 0.309 e. The lowest BCUT2D eigenvalue weighted by Gasteiger charge is -2.48. The monoisotopic (exact) mass is 1900 g/mol. The molecule has 0 unspecified atom stereocenters. The molecule has 0 N–H and O–H groups in total. The number of pyridine rings is 3. The molecule has 0 atom stereocenters. The molecule has 0 radical (unpaired) electrons. The first-order chi connectivity index (χ1) is 71.5. The summed E-state index contributed by atoms with van der Waals surface area (Å²) < 4.78 is 7.12. The molecule has 27 rings (SSSR count). The lowest BCUT2D eigenvalue weighted by atomic mass is 9.55. The zero-order valence-corrected chi connectivity index (χ0v) is 84.0. The minimum absolute atomic E-state index is 0.0737. The SMILES string of the molecule is CC1(C)c2ccccc2-c2ccc3c(c2C1(C)C)c1ccccc1n3-c1ccc(-c2nc(-c3ccccc3)nc(-c3ccccc3)n2)cn1.CC1(C)c2ccccc2-c2ccc3c4ccccc4n(-c4ccc(-c5nc(-c6ccccc6)nc(-c6ccccc6)n5)cn4)c3c2C1(C)C.CC1(C)c2ccccc2-c2ccc3c4ccccc4n(-c4ccc(-c5nc(-c6ccccc6)nc(-c6ccccn6)n5)cc4)c3c2C1(C)C. The van der Waals surface area contributed by atoms with E-state index in [1.165, 1.54) is 116 Å². The van der Waals surface area contributed by atoms with Crippen LogP contribution in [0.4, 0.5) is 0 Å². The average molecular weight is 1900 g/mol. The van der Waals surface area contributed by atoms with Gasteiger partial charge in [-0.3, -0.25) is 14.1 Å². The first-order valence-electron chi connectivity index (χ1n) is 50.5. The predicted octanol–water partition coefficient (Wildman–Crippen LogP) is 31.8. The Hall–Kier alpha value is -17.8. The Bertz CT molecular complexity index is 8750. The molecule has 0 bridgehead atoms. The van der Waals surface area contributed by atoms with E-state index < -0.39 is 0 Å². The number of para-hydroxylation sites is 3. The molecule has 15 nitrogen and oxygen atoms in total. The molecule has 0 fully saturated rings. The summed E-state index contributed by atoms with van der Waals surface area (Å²) in [7, 11) is 0. The van der Waals surface area contributed by atoms with Gasteiger partial charge in [0.05, 0.1) is 33.1 Å². The molecule has 0 aliphatic heterocycles. The van der Waals surface area contributed by atoms with Gasteiger partial charge in [0, 0.05) is 117 Å². The molecule has 0 amide bonds. The Balaban J connectivity index is 0.000000115. The minimum Gasteiger partial charge on any atom is -0.309 e. The number of rotatable bonds is 12. The number of hydrogen-bond acceptors (Lipinski definition) is 12. The van der Waals surface area contributed by atoms with Gasteiger partial charge in [0.2, 0.25) is 0 Å². The first-order valence-corrected chi connectivity index (χ1v) is 50.5. The Morgan fingerprint density at radius 2 is 0.483 bits per heavy atom. The fraction of sp³-hybridized carbons (Fsp3) is 0.136. The molecule has 0 spiro atoms. The van der Waals surface area contributed by atoms with Crippen molar-refractivity contribution in [3.05, 3.63) is 452 Å². The van der Waals surface area contributed by atoms with E-state index in [0.717, 1.165) is 78.4 Å². The van der Waals surface area contributed by atoms with Crippen molar-refractivity contribution in [1.29, 1.82) is 0 Å². The lowest BCUT2D eigenvalue weighted by Crippen LogP contribution is -2.43. The summed E-state index contributed by atoms with van der Waals surface area (Å²) in [4.78, 5) is 58.9. The third-order valence-electron chi connectivity index (χ3n) is 32.6. The highest BCUT2D eigenvalue weighted by atomic mass is 15.1. The minimum atomic E-state index is -0.172. The van der Waals surface area contributed by atoms with Crippen LogP contribution in [0.3, 0.4) is 0 Å². The van der Waals surface area contributed by atoms with Crippen LogP contribution in [0.15, 0.2) is 419 Å². The summed E-state index contributed by atoms with van der Waals surface area (Å²) in [6.45, 7) is 28.8. The van der Waals surface area contributed by atoms with Gasteiger partial charge < -0.3 is 4.57 Å². The predicted molar refractivity (Wildman–Crippen MR) is 599 cm³/mol. The van der Waals surface area contributed by atoms with Gasteiger partial charge in [-0.25, -0.2) is 54.8 Å². The zero-order chi connectivity index (χ0) is 100.0. The fourth-order valence-electron chi connectivity index (χ4n) is 23.0. The third kappa shape index (κ3) is 14.7. The van der Waals surface area contributed by atoms with E-state index in [-0.39, 0.29) is 32.5 Å². The number of nitrogens with zero attached hydrogens (tertiary/aromatic N) is 15. The van der Waals surface area contributed by atoms with Crippen LogP contribution in [0.2, 0.25) is 0 Å². The zero-order valence-electron chi connectivity index (χ0n) is 84.0. The van der Waals surface area contributed by atoms with Gasteiger partial charge in [-0.2, -0.15) is 0 Å². The molecule has 24 aromatic rings. The second-order valence-electron chi connectivity index (χ2n) is 41.9. The highest BCUT2D eigenvalue weighted by molar-refractivity contribution is 6.16. The van der Waals surface area contributed by atoms with Crippen LogP contribution in [-0.2, 0) is 32.5 Å². The van der Waals surface area contributed by atoms with Gasteiger partial charge >= 0.3 is 0 Å². The Morgan fingerprint density at radius 3 is 0.871 bits per heavy atom. The van der Waals surface area contributed by atoms with Gasteiger partial charge in [-0.1, -0.05) is 399 Å². The summed E-state index contributed by atoms with van der Waals surface area (Å²) in [6.07, 6.45) is 5.55. The van der Waals surface area contributed by atoms with Crippen LogP contribution in [0, 0.1) is 0 Å². The van der Waals surface area contributed by atoms with E-state index in [4.69, 9.17) is 54.8 Å². The highest BCUT2D eigenvalue weighted by Gasteiger charge is 2.51. The summed E-state index contributed by atoms with van der Waals surface area (Å²) in [6, 6.07) is 140. The van der Waals surface area contributed by atoms with E-state index in [2.05, 4.69) is 332 Å². The third-order valence-corrected chi connectivity index (χ3v) is 32.6. The van der Waals surface area contributed by atoms with Crippen molar-refractivity contribution >= 4 is 65.4 Å². The highest BCUT2D eigenvalue weighted by Crippen LogP contribution is 2.61. The summed E-state index contributed by atoms with van der Waals surface area (Å²) >= 11 is 0. The molecule has 708 valence electrons. The van der Waals surface area contributed by atoms with Crippen molar-refractivity contribution < 1.29 is 0 Å². The van der Waals surface area contributed by atoms with Gasteiger partial charge in [-0.15, -0.1) is 0 Å². The maximum absolute atomic E-state index is 5.14. The molecule has 15 aromatic carbocycles. The molecule has 9 heterocycles. The van der Waals surface area contributed by atoms with Gasteiger partial charge in [0.1, 0.15) is 17.3 Å². The second-order valence-corrected chi connectivity index (χ2v) is 41.9. The summed E-state index contributed by atoms with van der Waals surface area (Å²) in [5, 5.41) is 7.51. The quantitative estimate of drug-likeness (QED) is 0.114. The van der Waals surface area contributed by atoms with E-state index in [9.17, 15) is 0 Å². The van der Waals surface area contributed by atoms with Crippen LogP contribution in [0.5, 0.6) is 0 Å². The van der Waals surface area contributed by atoms with Crippen LogP contribution in [-0.4, -0.2) is 73.5 Å². The second kappa shape index (κ2) is 35.1. The standard InChI is InChI=1S/3C44H35N5/c1-43(2)34-21-13-11-19-31(34)32-24-25-36-38(39(32)44(43,3)4)33-20-12-14-22-35(33)49(36)37-26-23-30(27-45-37)42-47-40(28-15-7-5-8-16-28)46-41(48-42)29-17-9-6-10-18-29;1-43(2)35-21-13-11-19-31(35)33-24-25-34-32-20-12-14-22-36(32)49(39(34)38(33)44(43,3)4)37-26-23-30(27-45-37)42-47-40(28-15-7-5-8-16-28)46-41(48-42)29-17-9-6-10-18-29;1-43(2)35-18-10-8-16-31(35)33-25-26-34-32-17-9-11-20-37(32)49(39(34)38(33)44(43,3)4)30-23-21-29(22-24-30)41-46-40(28-14-6-5-7-15-28)47-42(48-41)36-19-12-13-27-45-36/h3*5-27H,1-4H3. The van der Waals surface area contributed by atoms with Crippen molar-refractivity contribution in [3.8, 4) is 153 Å². The molecular formula is C132H105N15. The van der Waals surface area contributed by atoms with E-state index >= 15 is 0 Å². The van der Waals surface area contributed by atoms with Crippen LogP contribution in [0.1, 0.15) is 116 Å². The number of fused-ring (bicyclic) bond motifs is 21.